The van der Waals surface area contributed by atoms with Crippen molar-refractivity contribution in [2.75, 3.05) is 0 Å². The molecule has 1 heteroatoms. The summed E-state index contributed by atoms with van der Waals surface area (Å²) in [6.45, 7) is 2.29. The fourth-order valence-corrected chi connectivity index (χ4v) is 3.06. The monoisotopic (exact) mass is 182 g/mol. The number of hydrogen-bond donors (Lipinski definition) is 1. The lowest BCUT2D eigenvalue weighted by atomic mass is 9.64. The molecule has 2 rings (SSSR count). The van der Waals surface area contributed by atoms with E-state index in [9.17, 15) is 5.11 Å². The van der Waals surface area contributed by atoms with Crippen molar-refractivity contribution in [2.24, 2.45) is 11.8 Å². The summed E-state index contributed by atoms with van der Waals surface area (Å²) < 4.78 is 0. The first-order valence-corrected chi connectivity index (χ1v) is 5.97. The van der Waals surface area contributed by atoms with Gasteiger partial charge in [-0.05, 0) is 43.9 Å². The smallest absolute Gasteiger partial charge is 0.0675 e. The van der Waals surface area contributed by atoms with Crippen LogP contribution in [0.15, 0.2) is 0 Å². The molecule has 0 bridgehead atoms. The van der Waals surface area contributed by atoms with Crippen molar-refractivity contribution in [2.45, 2.75) is 63.9 Å². The molecule has 76 valence electrons. The zero-order chi connectivity index (χ0) is 9.31. The minimum absolute atomic E-state index is 0.224. The first kappa shape index (κ1) is 9.51. The van der Waals surface area contributed by atoms with Gasteiger partial charge in [0.15, 0.2) is 0 Å². The van der Waals surface area contributed by atoms with Crippen LogP contribution in [0.5, 0.6) is 0 Å². The zero-order valence-corrected chi connectivity index (χ0v) is 8.76. The average Bonchev–Trinajstić information content (AvgIpc) is 2.14. The highest BCUT2D eigenvalue weighted by Crippen LogP contribution is 2.45. The summed E-state index contributed by atoms with van der Waals surface area (Å²) in [6, 6.07) is 0. The maximum absolute atomic E-state index is 10.2. The molecule has 0 spiro atoms. The van der Waals surface area contributed by atoms with Gasteiger partial charge >= 0.3 is 0 Å². The van der Waals surface area contributed by atoms with E-state index in [1.165, 1.54) is 38.5 Å². The Kier molecular flexibility index (Phi) is 2.64. The van der Waals surface area contributed by atoms with Gasteiger partial charge in [0.25, 0.3) is 0 Å². The van der Waals surface area contributed by atoms with Crippen LogP contribution in [0.4, 0.5) is 0 Å². The van der Waals surface area contributed by atoms with Gasteiger partial charge in [-0.2, -0.15) is 0 Å². The first-order chi connectivity index (χ1) is 6.24. The van der Waals surface area contributed by atoms with Gasteiger partial charge in [0, 0.05) is 0 Å². The van der Waals surface area contributed by atoms with E-state index < -0.39 is 0 Å². The van der Waals surface area contributed by atoms with Crippen molar-refractivity contribution < 1.29 is 5.11 Å². The quantitative estimate of drug-likeness (QED) is 0.695. The van der Waals surface area contributed by atoms with Gasteiger partial charge in [0.2, 0.25) is 0 Å². The Hall–Kier alpha value is -0.0400. The summed E-state index contributed by atoms with van der Waals surface area (Å²) in [6.07, 6.45) is 10.1. The minimum atomic E-state index is -0.224. The average molecular weight is 182 g/mol. The van der Waals surface area contributed by atoms with E-state index in [2.05, 4.69) is 6.92 Å². The lowest BCUT2D eigenvalue weighted by Crippen LogP contribution is -2.45. The van der Waals surface area contributed by atoms with E-state index in [-0.39, 0.29) is 5.60 Å². The van der Waals surface area contributed by atoms with E-state index in [1.807, 2.05) is 0 Å². The molecular weight excluding hydrogens is 160 g/mol. The van der Waals surface area contributed by atoms with Crippen molar-refractivity contribution in [3.8, 4) is 0 Å². The van der Waals surface area contributed by atoms with Crippen LogP contribution in [0.25, 0.3) is 0 Å². The molecule has 0 amide bonds. The second-order valence-electron chi connectivity index (χ2n) is 5.08. The summed E-state index contributed by atoms with van der Waals surface area (Å²) in [7, 11) is 0. The first-order valence-electron chi connectivity index (χ1n) is 5.97. The van der Waals surface area contributed by atoms with Gasteiger partial charge in [0.1, 0.15) is 0 Å². The standard InChI is InChI=1S/C12H22O/c1-2-10-4-6-11(7-5-10)12(13)8-3-9-12/h10-11,13H,2-9H2,1H3. The lowest BCUT2D eigenvalue weighted by Gasteiger charge is -2.46. The molecule has 0 aromatic rings. The van der Waals surface area contributed by atoms with E-state index in [4.69, 9.17) is 0 Å². The third-order valence-corrected chi connectivity index (χ3v) is 4.40. The Bertz CT molecular complexity index is 164. The van der Waals surface area contributed by atoms with Crippen molar-refractivity contribution in [3.05, 3.63) is 0 Å². The van der Waals surface area contributed by atoms with Crippen LogP contribution in [0.3, 0.4) is 0 Å². The number of rotatable bonds is 2. The molecule has 0 heterocycles. The second kappa shape index (κ2) is 3.61. The molecule has 0 saturated heterocycles. The molecule has 0 aromatic carbocycles. The fourth-order valence-electron chi connectivity index (χ4n) is 3.06. The Morgan fingerprint density at radius 2 is 1.77 bits per heavy atom. The van der Waals surface area contributed by atoms with E-state index >= 15 is 0 Å². The Morgan fingerprint density at radius 1 is 1.15 bits per heavy atom. The molecule has 1 N–H and O–H groups in total. The second-order valence-corrected chi connectivity index (χ2v) is 5.08. The highest BCUT2D eigenvalue weighted by atomic mass is 16.3. The van der Waals surface area contributed by atoms with Gasteiger partial charge in [-0.15, -0.1) is 0 Å². The molecule has 0 aromatic heterocycles. The Balaban J connectivity index is 1.84. The number of hydrogen-bond acceptors (Lipinski definition) is 1. The summed E-state index contributed by atoms with van der Waals surface area (Å²) >= 11 is 0. The van der Waals surface area contributed by atoms with Crippen molar-refractivity contribution in [1.29, 1.82) is 0 Å². The van der Waals surface area contributed by atoms with Crippen LogP contribution in [-0.2, 0) is 0 Å². The van der Waals surface area contributed by atoms with Crippen LogP contribution < -0.4 is 0 Å². The molecule has 0 aliphatic heterocycles. The van der Waals surface area contributed by atoms with Gasteiger partial charge in [0.05, 0.1) is 5.60 Å². The molecule has 1 nitrogen and oxygen atoms in total. The predicted molar refractivity (Wildman–Crippen MR) is 54.5 cm³/mol. The van der Waals surface area contributed by atoms with Crippen LogP contribution >= 0.6 is 0 Å². The Labute approximate surface area is 81.5 Å². The van der Waals surface area contributed by atoms with Crippen LogP contribution in [-0.4, -0.2) is 10.7 Å². The topological polar surface area (TPSA) is 20.2 Å². The third kappa shape index (κ3) is 1.76. The summed E-state index contributed by atoms with van der Waals surface area (Å²) in [5.41, 5.74) is -0.224. The van der Waals surface area contributed by atoms with Crippen molar-refractivity contribution >= 4 is 0 Å². The van der Waals surface area contributed by atoms with Crippen LogP contribution in [0.2, 0.25) is 0 Å². The van der Waals surface area contributed by atoms with E-state index in [0.29, 0.717) is 5.92 Å². The predicted octanol–water partition coefficient (Wildman–Crippen LogP) is 3.12. The summed E-state index contributed by atoms with van der Waals surface area (Å²) in [5, 5.41) is 10.2. The van der Waals surface area contributed by atoms with Crippen molar-refractivity contribution in [3.63, 3.8) is 0 Å². The molecule has 2 aliphatic carbocycles. The number of aliphatic hydroxyl groups is 1. The van der Waals surface area contributed by atoms with Gasteiger partial charge in [-0.3, -0.25) is 0 Å². The minimum Gasteiger partial charge on any atom is -0.390 e. The summed E-state index contributed by atoms with van der Waals surface area (Å²) in [4.78, 5) is 0. The summed E-state index contributed by atoms with van der Waals surface area (Å²) in [5.74, 6) is 1.60. The van der Waals surface area contributed by atoms with Crippen LogP contribution in [0.1, 0.15) is 58.3 Å². The van der Waals surface area contributed by atoms with E-state index in [0.717, 1.165) is 18.8 Å². The highest BCUT2D eigenvalue weighted by Gasteiger charge is 2.42. The van der Waals surface area contributed by atoms with Gasteiger partial charge in [-0.25, -0.2) is 0 Å². The molecule has 2 fully saturated rings. The normalized spacial score (nSPS) is 38.3. The fraction of sp³-hybridized carbons (Fsp3) is 1.00. The van der Waals surface area contributed by atoms with Crippen molar-refractivity contribution in [1.82, 2.24) is 0 Å². The molecule has 13 heavy (non-hydrogen) atoms. The molecule has 2 saturated carbocycles. The maximum Gasteiger partial charge on any atom is 0.0675 e. The largest absolute Gasteiger partial charge is 0.390 e. The SMILES string of the molecule is CCC1CCC(C2(O)CCC2)CC1. The molecule has 2 aliphatic rings. The molecule has 0 unspecified atom stereocenters. The third-order valence-electron chi connectivity index (χ3n) is 4.40. The lowest BCUT2D eigenvalue weighted by molar-refractivity contribution is -0.0973. The molecule has 0 atom stereocenters. The van der Waals surface area contributed by atoms with Crippen LogP contribution in [0, 0.1) is 11.8 Å². The molecule has 0 radical (unpaired) electrons. The Morgan fingerprint density at radius 3 is 2.15 bits per heavy atom. The van der Waals surface area contributed by atoms with E-state index in [1.54, 1.807) is 0 Å². The maximum atomic E-state index is 10.2. The molecular formula is C12H22O. The van der Waals surface area contributed by atoms with Gasteiger partial charge in [-0.1, -0.05) is 26.2 Å². The van der Waals surface area contributed by atoms with Gasteiger partial charge < -0.3 is 5.11 Å². The highest BCUT2D eigenvalue weighted by molar-refractivity contribution is 4.95. The zero-order valence-electron chi connectivity index (χ0n) is 8.76.